The van der Waals surface area contributed by atoms with Gasteiger partial charge in [0.25, 0.3) is 0 Å². The van der Waals surface area contributed by atoms with E-state index in [0.717, 1.165) is 5.56 Å². The van der Waals surface area contributed by atoms with E-state index in [0.29, 0.717) is 9.44 Å². The first-order valence-electron chi connectivity index (χ1n) is 3.11. The molecule has 0 spiro atoms. The molecule has 1 nitrogen and oxygen atoms in total. The molecule has 0 unspecified atom stereocenters. The summed E-state index contributed by atoms with van der Waals surface area (Å²) in [6.45, 7) is 0. The summed E-state index contributed by atoms with van der Waals surface area (Å²) in [7, 11) is 0. The van der Waals surface area contributed by atoms with Crippen molar-refractivity contribution in [2.75, 3.05) is 0 Å². The Morgan fingerprint density at radius 3 is 1.83 bits per heavy atom. The summed E-state index contributed by atoms with van der Waals surface area (Å²) in [4.78, 5) is 10.6. The Bertz CT molecular complexity index is 285. The zero-order chi connectivity index (χ0) is 9.14. The molecule has 0 N–H and O–H groups in total. The molecule has 4 heteroatoms. The van der Waals surface area contributed by atoms with Crippen LogP contribution in [0.5, 0.6) is 0 Å². The first-order valence-corrected chi connectivity index (χ1v) is 4.72. The zero-order valence-corrected chi connectivity index (χ0v) is 9.11. The average molecular weight is 266 g/mol. The van der Waals surface area contributed by atoms with Crippen LogP contribution in [0.2, 0.25) is 0 Å². The second-order valence-corrected chi connectivity index (χ2v) is 4.21. The van der Waals surface area contributed by atoms with Crippen molar-refractivity contribution in [1.29, 1.82) is 0 Å². The molecule has 1 aromatic carbocycles. The summed E-state index contributed by atoms with van der Waals surface area (Å²) in [5.74, 6) is 0. The Hall–Kier alpha value is -0.141. The van der Waals surface area contributed by atoms with Crippen LogP contribution in [0.15, 0.2) is 24.3 Å². The van der Waals surface area contributed by atoms with E-state index in [9.17, 15) is 4.79 Å². The van der Waals surface area contributed by atoms with E-state index in [1.165, 1.54) is 0 Å². The van der Waals surface area contributed by atoms with Gasteiger partial charge in [0.15, 0.2) is 0 Å². The van der Waals surface area contributed by atoms with E-state index in [-0.39, 0.29) is 0 Å². The second-order valence-electron chi connectivity index (χ2n) is 2.12. The first-order chi connectivity index (χ1) is 5.61. The molecule has 0 radical (unpaired) electrons. The maximum atomic E-state index is 10.6. The van der Waals surface area contributed by atoms with Crippen LogP contribution < -0.4 is 0 Å². The van der Waals surface area contributed by atoms with Gasteiger partial charge in [-0.2, -0.15) is 0 Å². The molecule has 0 aliphatic carbocycles. The maximum absolute atomic E-state index is 10.6. The molecule has 0 fully saturated rings. The molecule has 1 aromatic rings. The topological polar surface area (TPSA) is 17.1 Å². The van der Waals surface area contributed by atoms with Crippen molar-refractivity contribution in [3.05, 3.63) is 35.4 Å². The van der Waals surface area contributed by atoms with Crippen LogP contribution in [-0.2, 0) is 0 Å². The van der Waals surface area contributed by atoms with Crippen LogP contribution in [0.4, 0.5) is 0 Å². The van der Waals surface area contributed by atoms with Crippen LogP contribution in [0.3, 0.4) is 0 Å². The number of halogens is 2. The van der Waals surface area contributed by atoms with Crippen LogP contribution in [0.1, 0.15) is 15.9 Å². The summed E-state index contributed by atoms with van der Waals surface area (Å²) in [6.07, 6.45) is 0. The predicted octanol–water partition coefficient (Wildman–Crippen LogP) is 1.95. The van der Waals surface area contributed by atoms with Crippen LogP contribution in [-0.4, -0.2) is 24.7 Å². The predicted molar refractivity (Wildman–Crippen MR) is 52.3 cm³/mol. The third-order valence-corrected chi connectivity index (χ3v) is 2.27. The van der Waals surface area contributed by atoms with Crippen molar-refractivity contribution < 1.29 is 4.79 Å². The fourth-order valence-corrected chi connectivity index (χ4v) is 1.27. The number of carbonyl (C=O) groups excluding carboxylic acids is 1. The van der Waals surface area contributed by atoms with Crippen molar-refractivity contribution in [1.82, 2.24) is 0 Å². The molecular weight excluding hydrogens is 262 g/mol. The molecule has 1 rings (SSSR count). The second kappa shape index (κ2) is 4.20. The minimum atomic E-state index is -0.460. The Labute approximate surface area is 88.0 Å². The van der Waals surface area contributed by atoms with E-state index in [1.807, 2.05) is 0 Å². The van der Waals surface area contributed by atoms with Crippen molar-refractivity contribution in [2.24, 2.45) is 0 Å². The molecule has 0 atom stereocenters. The van der Waals surface area contributed by atoms with E-state index in [4.69, 9.17) is 23.2 Å². The molecule has 0 heterocycles. The molecule has 62 valence electrons. The van der Waals surface area contributed by atoms with Gasteiger partial charge in [-0.05, 0) is 0 Å². The number of carbonyl (C=O) groups is 1. The number of benzene rings is 1. The molecule has 0 bridgehead atoms. The number of hydrogen-bond acceptors (Lipinski definition) is 1. The molecule has 0 aliphatic heterocycles. The quantitative estimate of drug-likeness (QED) is 0.590. The van der Waals surface area contributed by atoms with Gasteiger partial charge in [0.2, 0.25) is 0 Å². The van der Waals surface area contributed by atoms with E-state index in [2.05, 4.69) is 15.6 Å². The van der Waals surface area contributed by atoms with Gasteiger partial charge in [0, 0.05) is 0 Å². The SMILES string of the molecule is O=C(Cl)c1ccc(C(Cl)=[Se])cc1. The Morgan fingerprint density at radius 2 is 1.50 bits per heavy atom. The zero-order valence-electron chi connectivity index (χ0n) is 5.88. The molecular formula is C8H4Cl2OSe. The Balaban J connectivity index is 3.01. The van der Waals surface area contributed by atoms with Crippen LogP contribution >= 0.6 is 23.2 Å². The summed E-state index contributed by atoms with van der Waals surface area (Å²) in [5, 5.41) is -0.460. The molecule has 0 saturated heterocycles. The standard InChI is InChI=1S/C8H4Cl2OSe/c9-7(11)5-1-3-6(4-2-5)8(10)12/h1-4H. The first kappa shape index (κ1) is 9.94. The molecule has 0 saturated carbocycles. The molecule has 0 amide bonds. The van der Waals surface area contributed by atoms with Crippen molar-refractivity contribution >= 4 is 47.9 Å². The summed E-state index contributed by atoms with van der Waals surface area (Å²) >= 11 is 13.6. The third kappa shape index (κ3) is 2.43. The fraction of sp³-hybridized carbons (Fsp3) is 0. The number of hydrogen-bond donors (Lipinski definition) is 0. The van der Waals surface area contributed by atoms with Gasteiger partial charge in [0.1, 0.15) is 0 Å². The minimum absolute atomic E-state index is 0.460. The summed E-state index contributed by atoms with van der Waals surface area (Å²) in [5.41, 5.74) is 1.32. The van der Waals surface area contributed by atoms with Crippen molar-refractivity contribution in [2.45, 2.75) is 0 Å². The van der Waals surface area contributed by atoms with Crippen molar-refractivity contribution in [3.8, 4) is 0 Å². The van der Waals surface area contributed by atoms with Gasteiger partial charge < -0.3 is 0 Å². The van der Waals surface area contributed by atoms with Gasteiger partial charge in [-0.25, -0.2) is 0 Å². The third-order valence-electron chi connectivity index (χ3n) is 1.34. The van der Waals surface area contributed by atoms with E-state index < -0.39 is 5.24 Å². The fourth-order valence-electron chi connectivity index (χ4n) is 0.732. The van der Waals surface area contributed by atoms with Gasteiger partial charge in [0.05, 0.1) is 0 Å². The monoisotopic (exact) mass is 266 g/mol. The Kier molecular flexibility index (Phi) is 3.48. The van der Waals surface area contributed by atoms with Crippen LogP contribution in [0.25, 0.3) is 0 Å². The number of rotatable bonds is 2. The van der Waals surface area contributed by atoms with Gasteiger partial charge in [-0.15, -0.1) is 0 Å². The molecule has 12 heavy (non-hydrogen) atoms. The molecule has 0 aliphatic rings. The van der Waals surface area contributed by atoms with E-state index in [1.54, 1.807) is 24.3 Å². The normalized spacial score (nSPS) is 9.50. The van der Waals surface area contributed by atoms with Gasteiger partial charge >= 0.3 is 88.1 Å². The van der Waals surface area contributed by atoms with E-state index >= 15 is 0 Å². The van der Waals surface area contributed by atoms with Crippen molar-refractivity contribution in [3.63, 3.8) is 0 Å². The summed E-state index contributed by atoms with van der Waals surface area (Å²) < 4.78 is 0.573. The Morgan fingerprint density at radius 1 is 1.08 bits per heavy atom. The molecule has 0 aromatic heterocycles. The van der Waals surface area contributed by atoms with Crippen LogP contribution in [0, 0.1) is 0 Å². The average Bonchev–Trinajstić information content (AvgIpc) is 2.04. The van der Waals surface area contributed by atoms with Gasteiger partial charge in [-0.3, -0.25) is 0 Å². The summed E-state index contributed by atoms with van der Waals surface area (Å²) in [6, 6.07) is 6.72. The van der Waals surface area contributed by atoms with Gasteiger partial charge in [-0.1, -0.05) is 0 Å².